The van der Waals surface area contributed by atoms with E-state index in [2.05, 4.69) is 31.2 Å². The fourth-order valence-electron chi connectivity index (χ4n) is 2.43. The summed E-state index contributed by atoms with van der Waals surface area (Å²) < 4.78 is 0. The number of rotatable bonds is 2. The van der Waals surface area contributed by atoms with Crippen molar-refractivity contribution in [1.82, 2.24) is 4.90 Å². The highest BCUT2D eigenvalue weighted by atomic mass is 16.2. The Bertz CT molecular complexity index is 378. The maximum Gasteiger partial charge on any atom is 0.236 e. The first-order valence-electron chi connectivity index (χ1n) is 6.25. The molecule has 1 aromatic carbocycles. The van der Waals surface area contributed by atoms with Gasteiger partial charge in [-0.15, -0.1) is 0 Å². The normalized spacial score (nSPS) is 17.2. The van der Waals surface area contributed by atoms with Gasteiger partial charge >= 0.3 is 0 Å². The highest BCUT2D eigenvalue weighted by molar-refractivity contribution is 5.78. The van der Waals surface area contributed by atoms with E-state index < -0.39 is 0 Å². The third-order valence-electron chi connectivity index (χ3n) is 3.57. The predicted molar refractivity (Wildman–Crippen MR) is 68.8 cm³/mol. The predicted octanol–water partition coefficient (Wildman–Crippen LogP) is 1.66. The van der Waals surface area contributed by atoms with Crippen LogP contribution in [0.15, 0.2) is 24.3 Å². The summed E-state index contributed by atoms with van der Waals surface area (Å²) in [5, 5.41) is 0. The lowest BCUT2D eigenvalue weighted by Gasteiger charge is -2.32. The maximum atomic E-state index is 11.5. The first-order chi connectivity index (χ1) is 8.20. The van der Waals surface area contributed by atoms with Gasteiger partial charge < -0.3 is 10.6 Å². The first-order valence-corrected chi connectivity index (χ1v) is 6.25. The van der Waals surface area contributed by atoms with Crippen LogP contribution in [0.4, 0.5) is 0 Å². The molecule has 0 spiro atoms. The minimum absolute atomic E-state index is 0.0763. The van der Waals surface area contributed by atoms with Crippen molar-refractivity contribution in [3.8, 4) is 0 Å². The van der Waals surface area contributed by atoms with Gasteiger partial charge in [0.2, 0.25) is 5.91 Å². The molecule has 0 unspecified atom stereocenters. The molecule has 0 aliphatic carbocycles. The van der Waals surface area contributed by atoms with Crippen molar-refractivity contribution < 1.29 is 4.79 Å². The van der Waals surface area contributed by atoms with E-state index in [9.17, 15) is 4.79 Å². The molecule has 0 atom stereocenters. The first kappa shape index (κ1) is 12.1. The largest absolute Gasteiger partial charge is 0.342 e. The van der Waals surface area contributed by atoms with Gasteiger partial charge in [0, 0.05) is 13.1 Å². The van der Waals surface area contributed by atoms with Gasteiger partial charge in [0.15, 0.2) is 0 Å². The molecule has 1 heterocycles. The molecule has 1 aliphatic heterocycles. The maximum absolute atomic E-state index is 11.5. The van der Waals surface area contributed by atoms with Gasteiger partial charge in [0.1, 0.15) is 0 Å². The number of likely N-dealkylation sites (tertiary alicyclic amines) is 1. The molecule has 17 heavy (non-hydrogen) atoms. The topological polar surface area (TPSA) is 46.3 Å². The average molecular weight is 232 g/mol. The Hall–Kier alpha value is -1.35. The average Bonchev–Trinajstić information content (AvgIpc) is 2.39. The van der Waals surface area contributed by atoms with Gasteiger partial charge in [-0.25, -0.2) is 0 Å². The molecular formula is C14H20N2O. The molecule has 3 nitrogen and oxygen atoms in total. The Morgan fingerprint density at radius 1 is 1.29 bits per heavy atom. The molecule has 0 bridgehead atoms. The highest BCUT2D eigenvalue weighted by Gasteiger charge is 2.22. The van der Waals surface area contributed by atoms with E-state index in [0.29, 0.717) is 5.92 Å². The van der Waals surface area contributed by atoms with Crippen LogP contribution in [0, 0.1) is 6.92 Å². The number of nitrogens with zero attached hydrogens (tertiary/aromatic N) is 1. The Labute approximate surface area is 103 Å². The van der Waals surface area contributed by atoms with E-state index in [1.165, 1.54) is 11.1 Å². The van der Waals surface area contributed by atoms with Crippen LogP contribution in [0.5, 0.6) is 0 Å². The number of piperidine rings is 1. The number of benzene rings is 1. The van der Waals surface area contributed by atoms with Crippen molar-refractivity contribution in [3.05, 3.63) is 35.4 Å². The van der Waals surface area contributed by atoms with Crippen LogP contribution in [0.1, 0.15) is 29.9 Å². The Morgan fingerprint density at radius 2 is 1.88 bits per heavy atom. The molecule has 1 aromatic rings. The van der Waals surface area contributed by atoms with Crippen LogP contribution in [0.3, 0.4) is 0 Å². The molecule has 1 saturated heterocycles. The summed E-state index contributed by atoms with van der Waals surface area (Å²) in [7, 11) is 0. The summed E-state index contributed by atoms with van der Waals surface area (Å²) in [5.74, 6) is 0.671. The lowest BCUT2D eigenvalue weighted by atomic mass is 9.89. The highest BCUT2D eigenvalue weighted by Crippen LogP contribution is 2.27. The second-order valence-corrected chi connectivity index (χ2v) is 4.77. The Morgan fingerprint density at radius 3 is 2.41 bits per heavy atom. The van der Waals surface area contributed by atoms with E-state index in [0.717, 1.165) is 25.9 Å². The van der Waals surface area contributed by atoms with Crippen LogP contribution >= 0.6 is 0 Å². The molecule has 92 valence electrons. The summed E-state index contributed by atoms with van der Waals surface area (Å²) in [5.41, 5.74) is 8.07. The van der Waals surface area contributed by atoms with Crippen molar-refractivity contribution >= 4 is 5.91 Å². The monoisotopic (exact) mass is 232 g/mol. The number of amides is 1. The van der Waals surface area contributed by atoms with Gasteiger partial charge in [0.25, 0.3) is 0 Å². The number of hydrogen-bond donors (Lipinski definition) is 1. The van der Waals surface area contributed by atoms with Crippen molar-refractivity contribution in [1.29, 1.82) is 0 Å². The second-order valence-electron chi connectivity index (χ2n) is 4.77. The van der Waals surface area contributed by atoms with Gasteiger partial charge in [-0.05, 0) is 31.2 Å². The fraction of sp³-hybridized carbons (Fsp3) is 0.500. The van der Waals surface area contributed by atoms with Crippen molar-refractivity contribution in [3.63, 3.8) is 0 Å². The third-order valence-corrected chi connectivity index (χ3v) is 3.57. The number of nitrogens with two attached hydrogens (primary N) is 1. The van der Waals surface area contributed by atoms with Crippen LogP contribution < -0.4 is 5.73 Å². The number of hydrogen-bond acceptors (Lipinski definition) is 2. The summed E-state index contributed by atoms with van der Waals surface area (Å²) >= 11 is 0. The molecule has 0 aromatic heterocycles. The number of aryl methyl sites for hydroxylation is 1. The van der Waals surface area contributed by atoms with Crippen LogP contribution in [-0.2, 0) is 4.79 Å². The molecule has 0 saturated carbocycles. The zero-order chi connectivity index (χ0) is 12.3. The van der Waals surface area contributed by atoms with Gasteiger partial charge in [-0.1, -0.05) is 29.8 Å². The lowest BCUT2D eigenvalue weighted by molar-refractivity contribution is -0.130. The minimum atomic E-state index is 0.0763. The quantitative estimate of drug-likeness (QED) is 0.843. The molecule has 1 aliphatic rings. The Kier molecular flexibility index (Phi) is 3.79. The fourth-order valence-corrected chi connectivity index (χ4v) is 2.43. The SMILES string of the molecule is Cc1ccc(C2CCN(C(=O)CN)CC2)cc1. The summed E-state index contributed by atoms with van der Waals surface area (Å²) in [6, 6.07) is 8.74. The molecular weight excluding hydrogens is 212 g/mol. The summed E-state index contributed by atoms with van der Waals surface area (Å²) in [6.45, 7) is 3.92. The standard InChI is InChI=1S/C14H20N2O/c1-11-2-4-12(5-3-11)13-6-8-16(9-7-13)14(17)10-15/h2-5,13H,6-10,15H2,1H3. The van der Waals surface area contributed by atoms with Crippen LogP contribution in [0.25, 0.3) is 0 Å². The molecule has 3 heteroatoms. The zero-order valence-corrected chi connectivity index (χ0v) is 10.4. The molecule has 0 radical (unpaired) electrons. The molecule has 1 fully saturated rings. The van der Waals surface area contributed by atoms with Crippen LogP contribution in [-0.4, -0.2) is 30.4 Å². The molecule has 2 rings (SSSR count). The zero-order valence-electron chi connectivity index (χ0n) is 10.4. The smallest absolute Gasteiger partial charge is 0.236 e. The van der Waals surface area contributed by atoms with Crippen molar-refractivity contribution in [2.45, 2.75) is 25.7 Å². The van der Waals surface area contributed by atoms with E-state index in [4.69, 9.17) is 5.73 Å². The van der Waals surface area contributed by atoms with Crippen molar-refractivity contribution in [2.24, 2.45) is 5.73 Å². The van der Waals surface area contributed by atoms with E-state index in [1.807, 2.05) is 4.90 Å². The summed E-state index contributed by atoms with van der Waals surface area (Å²) in [4.78, 5) is 13.3. The van der Waals surface area contributed by atoms with Crippen molar-refractivity contribution in [2.75, 3.05) is 19.6 Å². The van der Waals surface area contributed by atoms with E-state index in [-0.39, 0.29) is 12.5 Å². The third kappa shape index (κ3) is 2.86. The minimum Gasteiger partial charge on any atom is -0.342 e. The van der Waals surface area contributed by atoms with Gasteiger partial charge in [-0.3, -0.25) is 4.79 Å². The molecule has 1 amide bonds. The summed E-state index contributed by atoms with van der Waals surface area (Å²) in [6.07, 6.45) is 2.10. The number of carbonyl (C=O) groups excluding carboxylic acids is 1. The second kappa shape index (κ2) is 5.32. The number of carbonyl (C=O) groups is 1. The van der Waals surface area contributed by atoms with E-state index >= 15 is 0 Å². The van der Waals surface area contributed by atoms with Gasteiger partial charge in [-0.2, -0.15) is 0 Å². The van der Waals surface area contributed by atoms with E-state index in [1.54, 1.807) is 0 Å². The van der Waals surface area contributed by atoms with Crippen LogP contribution in [0.2, 0.25) is 0 Å². The van der Waals surface area contributed by atoms with Gasteiger partial charge in [0.05, 0.1) is 6.54 Å². The Balaban J connectivity index is 1.95. The molecule has 2 N–H and O–H groups in total. The lowest BCUT2D eigenvalue weighted by Crippen LogP contribution is -2.41.